The first-order chi connectivity index (χ1) is 16.3. The van der Waals surface area contributed by atoms with Gasteiger partial charge in [0.25, 0.3) is 5.56 Å². The van der Waals surface area contributed by atoms with E-state index in [4.69, 9.17) is 13.9 Å². The van der Waals surface area contributed by atoms with Gasteiger partial charge in [-0.05, 0) is 55.3 Å². The van der Waals surface area contributed by atoms with E-state index in [1.807, 2.05) is 6.07 Å². The molecule has 3 heterocycles. The Hall–Kier alpha value is -4.58. The van der Waals surface area contributed by atoms with Crippen molar-refractivity contribution in [3.05, 3.63) is 86.1 Å². The van der Waals surface area contributed by atoms with Crippen LogP contribution in [0.1, 0.15) is 38.4 Å². The molecule has 0 bridgehead atoms. The molecule has 0 amide bonds. The Labute approximate surface area is 192 Å². The molecule has 1 N–H and O–H groups in total. The van der Waals surface area contributed by atoms with E-state index in [1.165, 1.54) is 25.1 Å². The van der Waals surface area contributed by atoms with Crippen LogP contribution >= 0.6 is 0 Å². The van der Waals surface area contributed by atoms with Crippen LogP contribution in [-0.2, 0) is 6.54 Å². The van der Waals surface area contributed by atoms with E-state index in [1.54, 1.807) is 25.1 Å². The van der Waals surface area contributed by atoms with E-state index in [2.05, 4.69) is 0 Å². The number of aromatic nitrogens is 1. The van der Waals surface area contributed by atoms with E-state index in [-0.39, 0.29) is 35.8 Å². The van der Waals surface area contributed by atoms with Gasteiger partial charge in [0, 0.05) is 10.9 Å². The first-order valence-corrected chi connectivity index (χ1v) is 10.3. The van der Waals surface area contributed by atoms with E-state index >= 15 is 0 Å². The lowest BCUT2D eigenvalue weighted by Gasteiger charge is -2.15. The molecule has 0 unspecified atom stereocenters. The smallest absolute Gasteiger partial charge is 0.271 e. The largest absolute Gasteiger partial charge is 0.494 e. The first-order valence-electron chi connectivity index (χ1n) is 10.3. The Kier molecular flexibility index (Phi) is 4.87. The molecule has 0 radical (unpaired) electrons. The number of aromatic hydroxyl groups is 1. The van der Waals surface area contributed by atoms with E-state index < -0.39 is 23.0 Å². The Morgan fingerprint density at radius 3 is 2.68 bits per heavy atom. The van der Waals surface area contributed by atoms with Crippen molar-refractivity contribution in [2.45, 2.75) is 20.4 Å². The van der Waals surface area contributed by atoms with Gasteiger partial charge in [0.2, 0.25) is 18.5 Å². The van der Waals surface area contributed by atoms with Crippen molar-refractivity contribution in [3.63, 3.8) is 0 Å². The highest BCUT2D eigenvalue weighted by Gasteiger charge is 2.29. The van der Waals surface area contributed by atoms with Gasteiger partial charge in [0.15, 0.2) is 17.3 Å². The molecule has 0 fully saturated rings. The molecule has 4 aromatic rings. The van der Waals surface area contributed by atoms with Gasteiger partial charge in [-0.15, -0.1) is 0 Å². The minimum atomic E-state index is -0.741. The van der Waals surface area contributed by atoms with Crippen LogP contribution in [-0.4, -0.2) is 22.2 Å². The van der Waals surface area contributed by atoms with Crippen molar-refractivity contribution in [1.29, 1.82) is 5.26 Å². The molecule has 8 nitrogen and oxygen atoms in total. The number of nitriles is 1. The fraction of sp³-hybridized carbons (Fsp3) is 0.160. The van der Waals surface area contributed by atoms with Gasteiger partial charge in [0.05, 0.1) is 12.1 Å². The third kappa shape index (κ3) is 3.19. The Morgan fingerprint density at radius 1 is 1.15 bits per heavy atom. The summed E-state index contributed by atoms with van der Waals surface area (Å²) in [6, 6.07) is 10.7. The molecular formula is C25H17FN2O6. The summed E-state index contributed by atoms with van der Waals surface area (Å²) in [6.07, 6.45) is 0. The van der Waals surface area contributed by atoms with Crippen LogP contribution in [0.15, 0.2) is 45.6 Å². The minimum absolute atomic E-state index is 0.0305. The number of hydrogen-bond donors (Lipinski definition) is 1. The third-order valence-electron chi connectivity index (χ3n) is 5.91. The summed E-state index contributed by atoms with van der Waals surface area (Å²) in [7, 11) is 0. The van der Waals surface area contributed by atoms with E-state index in [0.717, 1.165) is 4.57 Å². The average Bonchev–Trinajstić information content (AvgIpc) is 3.41. The predicted octanol–water partition coefficient (Wildman–Crippen LogP) is 3.94. The molecule has 34 heavy (non-hydrogen) atoms. The van der Waals surface area contributed by atoms with Crippen molar-refractivity contribution in [3.8, 4) is 23.4 Å². The molecule has 170 valence electrons. The Bertz CT molecular complexity index is 1610. The summed E-state index contributed by atoms with van der Waals surface area (Å²) in [5.74, 6) is -0.890. The number of carbonyl (C=O) groups is 1. The van der Waals surface area contributed by atoms with E-state index in [9.17, 15) is 24.3 Å². The number of carbonyl (C=O) groups excluding carboxylic acids is 1. The van der Waals surface area contributed by atoms with Crippen molar-refractivity contribution in [2.75, 3.05) is 6.79 Å². The molecule has 0 aliphatic carbocycles. The molecule has 2 aromatic carbocycles. The number of fused-ring (bicyclic) bond motifs is 2. The fourth-order valence-corrected chi connectivity index (χ4v) is 4.11. The minimum Gasteiger partial charge on any atom is -0.494 e. The van der Waals surface area contributed by atoms with Gasteiger partial charge in [-0.3, -0.25) is 14.2 Å². The molecule has 1 aliphatic rings. The lowest BCUT2D eigenvalue weighted by molar-refractivity contribution is 0.101. The van der Waals surface area contributed by atoms with Crippen molar-refractivity contribution < 1.29 is 28.2 Å². The quantitative estimate of drug-likeness (QED) is 0.459. The zero-order valence-electron chi connectivity index (χ0n) is 18.1. The number of ketones is 1. The molecule has 0 spiro atoms. The molecule has 0 saturated carbocycles. The zero-order chi connectivity index (χ0) is 24.1. The fourth-order valence-electron chi connectivity index (χ4n) is 4.11. The number of halogens is 1. The summed E-state index contributed by atoms with van der Waals surface area (Å²) >= 11 is 0. The van der Waals surface area contributed by atoms with Gasteiger partial charge in [-0.1, -0.05) is 6.07 Å². The molecule has 2 aromatic heterocycles. The van der Waals surface area contributed by atoms with Crippen LogP contribution < -0.4 is 15.0 Å². The second-order valence-corrected chi connectivity index (χ2v) is 7.92. The predicted molar refractivity (Wildman–Crippen MR) is 118 cm³/mol. The van der Waals surface area contributed by atoms with Crippen molar-refractivity contribution >= 4 is 16.8 Å². The van der Waals surface area contributed by atoms with Gasteiger partial charge >= 0.3 is 0 Å². The maximum Gasteiger partial charge on any atom is 0.271 e. The maximum absolute atomic E-state index is 13.7. The highest BCUT2D eigenvalue weighted by Crippen LogP contribution is 2.34. The number of aryl methyl sites for hydroxylation is 1. The van der Waals surface area contributed by atoms with Gasteiger partial charge < -0.3 is 19.0 Å². The number of ether oxygens (including phenoxy) is 2. The van der Waals surface area contributed by atoms with Crippen LogP contribution in [0.4, 0.5) is 4.39 Å². The molecular weight excluding hydrogens is 443 g/mol. The number of rotatable bonds is 4. The zero-order valence-corrected chi connectivity index (χ0v) is 18.1. The van der Waals surface area contributed by atoms with Crippen LogP contribution in [0.3, 0.4) is 0 Å². The Balaban J connectivity index is 1.66. The normalized spacial score (nSPS) is 12.2. The summed E-state index contributed by atoms with van der Waals surface area (Å²) in [6.45, 7) is 2.96. The average molecular weight is 460 g/mol. The number of furan rings is 1. The summed E-state index contributed by atoms with van der Waals surface area (Å²) in [5.41, 5.74) is 0.0430. The number of nitrogens with zero attached hydrogens (tertiary/aromatic N) is 2. The van der Waals surface area contributed by atoms with Gasteiger partial charge in [-0.25, -0.2) is 4.39 Å². The van der Waals surface area contributed by atoms with Gasteiger partial charge in [-0.2, -0.15) is 5.26 Å². The van der Waals surface area contributed by atoms with Crippen LogP contribution in [0, 0.1) is 31.0 Å². The lowest BCUT2D eigenvalue weighted by atomic mass is 9.98. The molecule has 5 rings (SSSR count). The number of hydrogen-bond acceptors (Lipinski definition) is 7. The Morgan fingerprint density at radius 2 is 1.91 bits per heavy atom. The first kappa shape index (κ1) is 21.3. The monoisotopic (exact) mass is 460 g/mol. The highest BCUT2D eigenvalue weighted by molar-refractivity contribution is 6.12. The highest BCUT2D eigenvalue weighted by atomic mass is 19.1. The summed E-state index contributed by atoms with van der Waals surface area (Å²) in [4.78, 5) is 26.5. The molecule has 0 saturated heterocycles. The van der Waals surface area contributed by atoms with Crippen molar-refractivity contribution in [1.82, 2.24) is 4.57 Å². The number of benzene rings is 2. The van der Waals surface area contributed by atoms with Gasteiger partial charge in [0.1, 0.15) is 23.0 Å². The third-order valence-corrected chi connectivity index (χ3v) is 5.91. The number of pyridine rings is 1. The topological polar surface area (TPSA) is 115 Å². The molecule has 9 heteroatoms. The molecule has 1 aliphatic heterocycles. The standard InChI is InChI=1S/C25H17FN2O6/c1-12-17(9-27)24(30)28(10-14-3-5-19-20(7-14)33-11-32-19)25(31)21(12)22(29)23-13(2)16-8-15(26)4-6-18(16)34-23/h3-8,31H,10-11H2,1-2H3. The van der Waals surface area contributed by atoms with Crippen LogP contribution in [0.2, 0.25) is 0 Å². The molecule has 0 atom stereocenters. The van der Waals surface area contributed by atoms with E-state index in [0.29, 0.717) is 33.6 Å². The SMILES string of the molecule is Cc1c(C(=O)c2oc3ccc(F)cc3c2C)c(O)n(Cc2ccc3c(c2)OCO3)c(=O)c1C#N. The van der Waals surface area contributed by atoms with Crippen LogP contribution in [0.25, 0.3) is 11.0 Å². The van der Waals surface area contributed by atoms with Crippen LogP contribution in [0.5, 0.6) is 17.4 Å². The second kappa shape index (κ2) is 7.78. The summed E-state index contributed by atoms with van der Waals surface area (Å²) < 4.78 is 31.0. The van der Waals surface area contributed by atoms with Crippen molar-refractivity contribution in [2.24, 2.45) is 0 Å². The lowest BCUT2D eigenvalue weighted by Crippen LogP contribution is -2.27. The summed E-state index contributed by atoms with van der Waals surface area (Å²) in [5, 5.41) is 21.1. The second-order valence-electron chi connectivity index (χ2n) is 7.92. The maximum atomic E-state index is 13.7.